The van der Waals surface area contributed by atoms with Gasteiger partial charge in [0.1, 0.15) is 0 Å². The van der Waals surface area contributed by atoms with Gasteiger partial charge in [-0.2, -0.15) is 0 Å². The Morgan fingerprint density at radius 1 is 1.17 bits per heavy atom. The summed E-state index contributed by atoms with van der Waals surface area (Å²) in [7, 11) is 0. The van der Waals surface area contributed by atoms with E-state index in [0.717, 1.165) is 31.4 Å². The third kappa shape index (κ3) is 2.25. The van der Waals surface area contributed by atoms with E-state index in [2.05, 4.69) is 24.3 Å². The van der Waals surface area contributed by atoms with E-state index in [1.807, 2.05) is 6.07 Å². The third-order valence-corrected chi connectivity index (χ3v) is 3.96. The van der Waals surface area contributed by atoms with E-state index in [4.69, 9.17) is 4.74 Å². The standard InChI is InChI=1S/C16H18O2/c17-16-9-13-10-18-11-15(13)14(16)8-4-7-12-5-2-1-3-6-12/h1-3,5-6,13H,4,7-11H2/t13-/m1/s1. The zero-order chi connectivity index (χ0) is 12.4. The molecule has 3 rings (SSSR count). The Kier molecular flexibility index (Phi) is 3.28. The number of benzene rings is 1. The van der Waals surface area contributed by atoms with Crippen LogP contribution in [0.15, 0.2) is 41.5 Å². The van der Waals surface area contributed by atoms with Gasteiger partial charge < -0.3 is 4.74 Å². The Bertz CT molecular complexity index is 473. The lowest BCUT2D eigenvalue weighted by atomic mass is 10.0. The third-order valence-electron chi connectivity index (χ3n) is 3.96. The first-order valence-electron chi connectivity index (χ1n) is 6.71. The smallest absolute Gasteiger partial charge is 0.159 e. The van der Waals surface area contributed by atoms with Crippen molar-refractivity contribution in [3.63, 3.8) is 0 Å². The zero-order valence-electron chi connectivity index (χ0n) is 10.5. The number of aryl methyl sites for hydroxylation is 1. The summed E-state index contributed by atoms with van der Waals surface area (Å²) in [4.78, 5) is 11.9. The highest BCUT2D eigenvalue weighted by Crippen LogP contribution is 2.36. The molecule has 18 heavy (non-hydrogen) atoms. The number of ether oxygens (including phenoxy) is 1. The lowest BCUT2D eigenvalue weighted by Gasteiger charge is -2.04. The van der Waals surface area contributed by atoms with Crippen LogP contribution in [0.5, 0.6) is 0 Å². The lowest BCUT2D eigenvalue weighted by Crippen LogP contribution is -2.02. The SMILES string of the molecule is O=C1C[C@@H]2COCC2=C1CCCc1ccccc1. The molecule has 2 heteroatoms. The van der Waals surface area contributed by atoms with Gasteiger partial charge in [-0.1, -0.05) is 30.3 Å². The molecule has 0 spiro atoms. The Morgan fingerprint density at radius 3 is 2.83 bits per heavy atom. The largest absolute Gasteiger partial charge is 0.376 e. The van der Waals surface area contributed by atoms with Gasteiger partial charge in [-0.15, -0.1) is 0 Å². The van der Waals surface area contributed by atoms with Gasteiger partial charge in [0.25, 0.3) is 0 Å². The van der Waals surface area contributed by atoms with Gasteiger partial charge in [-0.25, -0.2) is 0 Å². The molecule has 0 unspecified atom stereocenters. The van der Waals surface area contributed by atoms with Crippen LogP contribution < -0.4 is 0 Å². The molecule has 94 valence electrons. The number of carbonyl (C=O) groups excluding carboxylic acids is 1. The molecule has 0 radical (unpaired) electrons. The molecule has 1 aromatic rings. The Balaban J connectivity index is 1.60. The molecule has 0 amide bonds. The van der Waals surface area contributed by atoms with Crippen LogP contribution in [0.25, 0.3) is 0 Å². The van der Waals surface area contributed by atoms with E-state index < -0.39 is 0 Å². The molecule has 1 aliphatic heterocycles. The molecule has 1 heterocycles. The van der Waals surface area contributed by atoms with Gasteiger partial charge in [-0.05, 0) is 36.0 Å². The van der Waals surface area contributed by atoms with Crippen LogP contribution in [0, 0.1) is 5.92 Å². The first-order chi connectivity index (χ1) is 8.84. The predicted octanol–water partition coefficient (Wildman–Crippen LogP) is 2.93. The van der Waals surface area contributed by atoms with Crippen molar-refractivity contribution in [1.82, 2.24) is 0 Å². The summed E-state index contributed by atoms with van der Waals surface area (Å²) in [6.45, 7) is 1.44. The van der Waals surface area contributed by atoms with Gasteiger partial charge in [0.05, 0.1) is 13.2 Å². The molecule has 1 aliphatic carbocycles. The van der Waals surface area contributed by atoms with Crippen molar-refractivity contribution in [2.75, 3.05) is 13.2 Å². The van der Waals surface area contributed by atoms with Crippen molar-refractivity contribution in [3.05, 3.63) is 47.0 Å². The molecule has 0 saturated carbocycles. The number of fused-ring (bicyclic) bond motifs is 1. The number of hydrogen-bond acceptors (Lipinski definition) is 2. The van der Waals surface area contributed by atoms with Gasteiger partial charge in [0, 0.05) is 12.3 Å². The van der Waals surface area contributed by atoms with Crippen molar-refractivity contribution < 1.29 is 9.53 Å². The van der Waals surface area contributed by atoms with E-state index in [0.29, 0.717) is 24.7 Å². The second-order valence-electron chi connectivity index (χ2n) is 5.18. The predicted molar refractivity (Wildman–Crippen MR) is 70.3 cm³/mol. The summed E-state index contributed by atoms with van der Waals surface area (Å²) in [5, 5.41) is 0. The minimum atomic E-state index is 0.367. The van der Waals surface area contributed by atoms with Gasteiger partial charge in [0.2, 0.25) is 0 Å². The zero-order valence-corrected chi connectivity index (χ0v) is 10.5. The molecule has 0 N–H and O–H groups in total. The van der Waals surface area contributed by atoms with Crippen molar-refractivity contribution in [3.8, 4) is 0 Å². The number of carbonyl (C=O) groups is 1. The van der Waals surface area contributed by atoms with Crippen LogP contribution in [0.3, 0.4) is 0 Å². The van der Waals surface area contributed by atoms with E-state index in [1.165, 1.54) is 11.1 Å². The number of ketones is 1. The van der Waals surface area contributed by atoms with Crippen molar-refractivity contribution in [2.45, 2.75) is 25.7 Å². The summed E-state index contributed by atoms with van der Waals surface area (Å²) < 4.78 is 5.44. The Labute approximate surface area is 108 Å². The fraction of sp³-hybridized carbons (Fsp3) is 0.438. The molecule has 2 aliphatic rings. The van der Waals surface area contributed by atoms with E-state index in [9.17, 15) is 4.79 Å². The molecular formula is C16H18O2. The molecule has 1 aromatic carbocycles. The van der Waals surface area contributed by atoms with Crippen molar-refractivity contribution >= 4 is 5.78 Å². The van der Waals surface area contributed by atoms with Crippen LogP contribution in [0.1, 0.15) is 24.8 Å². The molecule has 1 atom stereocenters. The van der Waals surface area contributed by atoms with Crippen molar-refractivity contribution in [2.24, 2.45) is 5.92 Å². The highest BCUT2D eigenvalue weighted by molar-refractivity contribution is 5.99. The van der Waals surface area contributed by atoms with E-state index in [-0.39, 0.29) is 0 Å². The minimum absolute atomic E-state index is 0.367. The summed E-state index contributed by atoms with van der Waals surface area (Å²) >= 11 is 0. The normalized spacial score (nSPS) is 22.7. The number of hydrogen-bond donors (Lipinski definition) is 0. The average Bonchev–Trinajstić information content (AvgIpc) is 2.93. The number of Topliss-reactive ketones (excluding diaryl/α,β-unsaturated/α-hetero) is 1. The van der Waals surface area contributed by atoms with Crippen LogP contribution >= 0.6 is 0 Å². The first kappa shape index (κ1) is 11.7. The summed E-state index contributed by atoms with van der Waals surface area (Å²) in [6.07, 6.45) is 3.72. The van der Waals surface area contributed by atoms with Crippen LogP contribution in [0.4, 0.5) is 0 Å². The van der Waals surface area contributed by atoms with Crippen molar-refractivity contribution in [1.29, 1.82) is 0 Å². The monoisotopic (exact) mass is 242 g/mol. The molecule has 1 fully saturated rings. The Morgan fingerprint density at radius 2 is 2.00 bits per heavy atom. The summed E-state index contributed by atoms with van der Waals surface area (Å²) in [5.41, 5.74) is 3.73. The van der Waals surface area contributed by atoms with Gasteiger partial charge >= 0.3 is 0 Å². The molecule has 2 nitrogen and oxygen atoms in total. The topological polar surface area (TPSA) is 26.3 Å². The maximum absolute atomic E-state index is 11.9. The summed E-state index contributed by atoms with van der Waals surface area (Å²) in [5.74, 6) is 0.774. The molecule has 0 bridgehead atoms. The number of allylic oxidation sites excluding steroid dienone is 1. The quantitative estimate of drug-likeness (QED) is 0.811. The molecular weight excluding hydrogens is 224 g/mol. The molecule has 0 aromatic heterocycles. The second-order valence-corrected chi connectivity index (χ2v) is 5.18. The fourth-order valence-corrected chi connectivity index (χ4v) is 2.99. The van der Waals surface area contributed by atoms with E-state index in [1.54, 1.807) is 0 Å². The van der Waals surface area contributed by atoms with Gasteiger partial charge in [0.15, 0.2) is 5.78 Å². The highest BCUT2D eigenvalue weighted by atomic mass is 16.5. The average molecular weight is 242 g/mol. The minimum Gasteiger partial charge on any atom is -0.376 e. The Hall–Kier alpha value is -1.41. The first-order valence-corrected chi connectivity index (χ1v) is 6.71. The maximum atomic E-state index is 11.9. The van der Waals surface area contributed by atoms with Gasteiger partial charge in [-0.3, -0.25) is 4.79 Å². The number of rotatable bonds is 4. The summed E-state index contributed by atoms with van der Waals surface area (Å²) in [6, 6.07) is 10.5. The van der Waals surface area contributed by atoms with Crippen LogP contribution in [0.2, 0.25) is 0 Å². The molecule has 1 saturated heterocycles. The van der Waals surface area contributed by atoms with Crippen LogP contribution in [-0.2, 0) is 16.0 Å². The highest BCUT2D eigenvalue weighted by Gasteiger charge is 2.35. The van der Waals surface area contributed by atoms with Crippen LogP contribution in [-0.4, -0.2) is 19.0 Å². The maximum Gasteiger partial charge on any atom is 0.159 e. The lowest BCUT2D eigenvalue weighted by molar-refractivity contribution is -0.115. The van der Waals surface area contributed by atoms with E-state index >= 15 is 0 Å². The fourth-order valence-electron chi connectivity index (χ4n) is 2.99. The second kappa shape index (κ2) is 5.07.